The number of piperazine rings is 3. The van der Waals surface area contributed by atoms with Gasteiger partial charge in [-0.1, -0.05) is 61.0 Å². The minimum Gasteiger partial charge on any atom is -0.367 e. The molecule has 3 aliphatic rings. The molecule has 12 heteroatoms. The van der Waals surface area contributed by atoms with Crippen LogP contribution >= 0.6 is 37.9 Å². The van der Waals surface area contributed by atoms with Crippen molar-refractivity contribution in [1.82, 2.24) is 14.7 Å². The fraction of sp³-hybridized carbons (Fsp3) is 0.386. The topological polar surface area (TPSA) is 70.7 Å². The number of nitrogens with zero attached hydrogens (tertiary/aromatic N) is 6. The number of thiol groups is 3. The third kappa shape index (κ3) is 11.9. The molecule has 3 amide bonds. The van der Waals surface area contributed by atoms with Gasteiger partial charge in [-0.2, -0.15) is 0 Å². The van der Waals surface area contributed by atoms with E-state index in [1.807, 2.05) is 107 Å². The van der Waals surface area contributed by atoms with Crippen molar-refractivity contribution in [2.24, 2.45) is 0 Å². The molecule has 0 radical (unpaired) electrons. The van der Waals surface area contributed by atoms with Gasteiger partial charge in [0.15, 0.2) is 0 Å². The summed E-state index contributed by atoms with van der Waals surface area (Å²) in [6.45, 7) is 15.7. The van der Waals surface area contributed by atoms with E-state index < -0.39 is 0 Å². The number of benzene rings is 4. The SMILES string of the molecule is CC(=O)N1CCN(c2ccccc2S)CC1.CCCC(=O)N1CCN(c2ccccc2S)CC1.Cc1ccc(C(=O)N2CCN(c3ccccc3S)CC2)cc1. The Morgan fingerprint density at radius 1 is 0.500 bits per heavy atom. The van der Waals surface area contributed by atoms with Crippen molar-refractivity contribution in [2.75, 3.05) is 93.2 Å². The van der Waals surface area contributed by atoms with E-state index in [4.69, 9.17) is 0 Å². The zero-order valence-electron chi connectivity index (χ0n) is 32.9. The van der Waals surface area contributed by atoms with E-state index in [9.17, 15) is 14.4 Å². The van der Waals surface area contributed by atoms with Crippen LogP contribution in [0.4, 0.5) is 17.1 Å². The number of para-hydroxylation sites is 3. The van der Waals surface area contributed by atoms with Gasteiger partial charge in [-0.3, -0.25) is 14.4 Å². The van der Waals surface area contributed by atoms with Gasteiger partial charge >= 0.3 is 0 Å². The molecule has 9 nitrogen and oxygen atoms in total. The van der Waals surface area contributed by atoms with Gasteiger partial charge < -0.3 is 29.4 Å². The van der Waals surface area contributed by atoms with E-state index in [0.717, 1.165) is 117 Å². The Labute approximate surface area is 349 Å². The van der Waals surface area contributed by atoms with Gasteiger partial charge in [0, 0.05) is 112 Å². The van der Waals surface area contributed by atoms with Gasteiger partial charge in [0.05, 0.1) is 17.1 Å². The number of carbonyl (C=O) groups is 3. The van der Waals surface area contributed by atoms with Crippen molar-refractivity contribution in [2.45, 2.75) is 48.3 Å². The van der Waals surface area contributed by atoms with Crippen LogP contribution in [0.5, 0.6) is 0 Å². The third-order valence-electron chi connectivity index (χ3n) is 10.4. The second-order valence-corrected chi connectivity index (χ2v) is 15.7. The molecule has 7 rings (SSSR count). The summed E-state index contributed by atoms with van der Waals surface area (Å²) in [5.74, 6) is 0.578. The van der Waals surface area contributed by atoms with E-state index in [0.29, 0.717) is 6.42 Å². The number of rotatable bonds is 6. The van der Waals surface area contributed by atoms with Gasteiger partial charge in [-0.05, 0) is 61.9 Å². The summed E-state index contributed by atoms with van der Waals surface area (Å²) in [6, 6.07) is 32.1. The van der Waals surface area contributed by atoms with Crippen LogP contribution in [-0.4, -0.2) is 111 Å². The van der Waals surface area contributed by atoms with E-state index >= 15 is 0 Å². The van der Waals surface area contributed by atoms with Crippen molar-refractivity contribution in [3.05, 3.63) is 108 Å². The maximum Gasteiger partial charge on any atom is 0.253 e. The fourth-order valence-electron chi connectivity index (χ4n) is 7.05. The highest BCUT2D eigenvalue weighted by molar-refractivity contribution is 7.80. The summed E-state index contributed by atoms with van der Waals surface area (Å²) in [5.41, 5.74) is 5.42. The average molecular weight is 813 g/mol. The summed E-state index contributed by atoms with van der Waals surface area (Å²) in [4.78, 5) is 51.2. The Morgan fingerprint density at radius 3 is 1.21 bits per heavy atom. The van der Waals surface area contributed by atoms with Gasteiger partial charge in [0.2, 0.25) is 11.8 Å². The minimum absolute atomic E-state index is 0.124. The van der Waals surface area contributed by atoms with E-state index in [1.165, 1.54) is 11.3 Å². The first kappa shape index (κ1) is 42.9. The summed E-state index contributed by atoms with van der Waals surface area (Å²) in [5, 5.41) is 0. The lowest BCUT2D eigenvalue weighted by molar-refractivity contribution is -0.131. The second-order valence-electron chi connectivity index (χ2n) is 14.2. The number of aryl methyl sites for hydroxylation is 1. The molecular weight excluding hydrogens is 757 g/mol. The van der Waals surface area contributed by atoms with Crippen molar-refractivity contribution in [3.8, 4) is 0 Å². The van der Waals surface area contributed by atoms with Gasteiger partial charge in [0.1, 0.15) is 0 Å². The monoisotopic (exact) mass is 812 g/mol. The molecule has 4 aromatic carbocycles. The molecule has 0 N–H and O–H groups in total. The summed E-state index contributed by atoms with van der Waals surface area (Å²) >= 11 is 13.4. The molecule has 298 valence electrons. The minimum atomic E-state index is 0.124. The number of hydrogen-bond acceptors (Lipinski definition) is 9. The molecule has 0 unspecified atom stereocenters. The molecule has 3 heterocycles. The standard InChI is InChI=1S/C18H20N2OS.C14H20N2OS.C12H16N2OS/c1-14-6-8-15(9-7-14)18(21)20-12-10-19(11-13-20)16-4-2-3-5-17(16)22;1-2-5-14(17)16-10-8-15(9-11-16)12-6-3-4-7-13(12)18;1-10(15)13-6-8-14(9-7-13)11-4-2-3-5-12(11)16/h2-9,22H,10-13H2,1H3;3-4,6-7,18H,2,5,8-11H2,1H3;2-5,16H,6-9H2,1H3. The van der Waals surface area contributed by atoms with Crippen LogP contribution in [0.3, 0.4) is 0 Å². The molecule has 3 aliphatic heterocycles. The van der Waals surface area contributed by atoms with Gasteiger partial charge in [0.25, 0.3) is 5.91 Å². The smallest absolute Gasteiger partial charge is 0.253 e. The molecule has 4 aromatic rings. The second kappa shape index (κ2) is 21.3. The number of carbonyl (C=O) groups excluding carboxylic acids is 3. The normalized spacial score (nSPS) is 15.7. The molecule has 56 heavy (non-hydrogen) atoms. The highest BCUT2D eigenvalue weighted by Crippen LogP contribution is 2.27. The predicted molar refractivity (Wildman–Crippen MR) is 239 cm³/mol. The van der Waals surface area contributed by atoms with Crippen molar-refractivity contribution < 1.29 is 14.4 Å². The van der Waals surface area contributed by atoms with Crippen LogP contribution in [0.1, 0.15) is 42.6 Å². The third-order valence-corrected chi connectivity index (χ3v) is 11.5. The fourth-order valence-corrected chi connectivity index (χ4v) is 7.96. The highest BCUT2D eigenvalue weighted by atomic mass is 32.1. The van der Waals surface area contributed by atoms with Crippen LogP contribution in [0, 0.1) is 6.92 Å². The first-order chi connectivity index (χ1) is 27.0. The van der Waals surface area contributed by atoms with Gasteiger partial charge in [-0.25, -0.2) is 0 Å². The molecule has 0 atom stereocenters. The van der Waals surface area contributed by atoms with Gasteiger partial charge in [-0.15, -0.1) is 37.9 Å². The zero-order valence-corrected chi connectivity index (χ0v) is 35.6. The van der Waals surface area contributed by atoms with Crippen LogP contribution in [-0.2, 0) is 9.59 Å². The Hall–Kier alpha value is -4.26. The quantitative estimate of drug-likeness (QED) is 0.178. The summed E-state index contributed by atoms with van der Waals surface area (Å²) in [7, 11) is 0. The van der Waals surface area contributed by atoms with E-state index in [-0.39, 0.29) is 17.7 Å². The zero-order chi connectivity index (χ0) is 40.0. The van der Waals surface area contributed by atoms with Crippen LogP contribution in [0.15, 0.2) is 112 Å². The van der Waals surface area contributed by atoms with Crippen LogP contribution < -0.4 is 14.7 Å². The first-order valence-corrected chi connectivity index (χ1v) is 20.9. The average Bonchev–Trinajstić information content (AvgIpc) is 3.22. The number of hydrogen-bond donors (Lipinski definition) is 3. The van der Waals surface area contributed by atoms with Crippen LogP contribution in [0.2, 0.25) is 0 Å². The Kier molecular flexibility index (Phi) is 16.3. The summed E-state index contributed by atoms with van der Waals surface area (Å²) in [6.07, 6.45) is 1.60. The lowest BCUT2D eigenvalue weighted by atomic mass is 10.1. The van der Waals surface area contributed by atoms with Crippen LogP contribution in [0.25, 0.3) is 0 Å². The Morgan fingerprint density at radius 2 is 0.857 bits per heavy atom. The molecule has 0 bridgehead atoms. The highest BCUT2D eigenvalue weighted by Gasteiger charge is 2.24. The maximum absolute atomic E-state index is 12.5. The number of amides is 3. The molecular formula is C44H56N6O3S3. The molecule has 0 saturated carbocycles. The Balaban J connectivity index is 0.000000163. The largest absolute Gasteiger partial charge is 0.367 e. The van der Waals surface area contributed by atoms with Crippen molar-refractivity contribution in [1.29, 1.82) is 0 Å². The first-order valence-electron chi connectivity index (χ1n) is 19.5. The molecule has 3 fully saturated rings. The van der Waals surface area contributed by atoms with E-state index in [1.54, 1.807) is 6.92 Å². The van der Waals surface area contributed by atoms with Crippen molar-refractivity contribution >= 4 is 72.7 Å². The molecule has 3 saturated heterocycles. The lowest BCUT2D eigenvalue weighted by Crippen LogP contribution is -2.48. The molecule has 0 spiro atoms. The lowest BCUT2D eigenvalue weighted by Gasteiger charge is -2.36. The number of anilines is 3. The van der Waals surface area contributed by atoms with E-state index in [2.05, 4.69) is 70.8 Å². The predicted octanol–water partition coefficient (Wildman–Crippen LogP) is 7.31. The molecule has 0 aromatic heterocycles. The molecule has 0 aliphatic carbocycles. The summed E-state index contributed by atoms with van der Waals surface area (Å²) < 4.78 is 0. The van der Waals surface area contributed by atoms with Crippen molar-refractivity contribution in [3.63, 3.8) is 0 Å². The maximum atomic E-state index is 12.5. The Bertz CT molecular complexity index is 1890.